The van der Waals surface area contributed by atoms with Gasteiger partial charge in [-0.1, -0.05) is 25.1 Å². The molecule has 1 aromatic heterocycles. The van der Waals surface area contributed by atoms with E-state index in [2.05, 4.69) is 11.1 Å². The zero-order valence-corrected chi connectivity index (χ0v) is 16.4. The molecule has 0 amide bonds. The van der Waals surface area contributed by atoms with Crippen molar-refractivity contribution in [3.63, 3.8) is 0 Å². The second-order valence-corrected chi connectivity index (χ2v) is 8.67. The number of rotatable bonds is 5. The normalized spacial score (nSPS) is 12.2. The van der Waals surface area contributed by atoms with Crippen molar-refractivity contribution in [2.75, 3.05) is 12.9 Å². The monoisotopic (exact) mass is 393 g/mol. The molecule has 0 saturated carbocycles. The standard InChI is InChI=1S/C22H19NO4S/c1-3-28(24,25)19-9-10-21-20(14-19)23-22(27-21)11-5-15-4-6-17-13-18(26-2)8-7-16(17)12-15/h4-14H,3H2,1-2H3/b11-5+. The lowest BCUT2D eigenvalue weighted by molar-refractivity contribution is 0.415. The van der Waals surface area contributed by atoms with E-state index in [0.29, 0.717) is 17.0 Å². The third-order valence-corrected chi connectivity index (χ3v) is 6.34. The fraction of sp³-hybridized carbons (Fsp3) is 0.136. The minimum Gasteiger partial charge on any atom is -0.497 e. The zero-order valence-electron chi connectivity index (χ0n) is 15.5. The van der Waals surface area contributed by atoms with Gasteiger partial charge in [0, 0.05) is 6.08 Å². The summed E-state index contributed by atoms with van der Waals surface area (Å²) in [6.07, 6.45) is 3.69. The van der Waals surface area contributed by atoms with Crippen LogP contribution in [0.15, 0.2) is 63.9 Å². The number of ether oxygens (including phenoxy) is 1. The summed E-state index contributed by atoms with van der Waals surface area (Å²) in [6.45, 7) is 1.62. The highest BCUT2D eigenvalue weighted by Gasteiger charge is 2.14. The summed E-state index contributed by atoms with van der Waals surface area (Å²) < 4.78 is 35.0. The van der Waals surface area contributed by atoms with Crippen molar-refractivity contribution in [1.82, 2.24) is 4.98 Å². The summed E-state index contributed by atoms with van der Waals surface area (Å²) in [4.78, 5) is 4.65. The number of aromatic nitrogens is 1. The number of hydrogen-bond acceptors (Lipinski definition) is 5. The number of oxazole rings is 1. The minimum absolute atomic E-state index is 0.0525. The highest BCUT2D eigenvalue weighted by atomic mass is 32.2. The highest BCUT2D eigenvalue weighted by Crippen LogP contribution is 2.24. The van der Waals surface area contributed by atoms with Gasteiger partial charge < -0.3 is 9.15 Å². The van der Waals surface area contributed by atoms with Crippen LogP contribution in [0.1, 0.15) is 18.4 Å². The van der Waals surface area contributed by atoms with Gasteiger partial charge >= 0.3 is 0 Å². The molecule has 0 unspecified atom stereocenters. The van der Waals surface area contributed by atoms with Crippen molar-refractivity contribution >= 4 is 43.9 Å². The summed E-state index contributed by atoms with van der Waals surface area (Å²) in [7, 11) is -1.62. The maximum absolute atomic E-state index is 12.0. The number of benzene rings is 3. The first kappa shape index (κ1) is 18.3. The molecule has 0 fully saturated rings. The van der Waals surface area contributed by atoms with Crippen LogP contribution in [0.5, 0.6) is 5.75 Å². The third-order valence-electron chi connectivity index (χ3n) is 4.60. The van der Waals surface area contributed by atoms with E-state index in [4.69, 9.17) is 9.15 Å². The lowest BCUT2D eigenvalue weighted by atomic mass is 10.1. The van der Waals surface area contributed by atoms with E-state index in [-0.39, 0.29) is 10.6 Å². The Balaban J connectivity index is 1.63. The molecule has 6 heteroatoms. The molecule has 1 heterocycles. The summed E-state index contributed by atoms with van der Waals surface area (Å²) in [5.41, 5.74) is 2.09. The lowest BCUT2D eigenvalue weighted by Crippen LogP contribution is -2.03. The van der Waals surface area contributed by atoms with Crippen LogP contribution in [0.3, 0.4) is 0 Å². The predicted molar refractivity (Wildman–Crippen MR) is 111 cm³/mol. The van der Waals surface area contributed by atoms with Gasteiger partial charge in [-0.05, 0) is 58.8 Å². The quantitative estimate of drug-likeness (QED) is 0.480. The molecule has 4 rings (SSSR count). The SMILES string of the molecule is CCS(=O)(=O)c1ccc2oc(/C=C/c3ccc4cc(OC)ccc4c3)nc2c1. The zero-order chi connectivity index (χ0) is 19.7. The van der Waals surface area contributed by atoms with E-state index in [1.807, 2.05) is 36.4 Å². The van der Waals surface area contributed by atoms with Crippen LogP contribution in [-0.2, 0) is 9.84 Å². The molecule has 0 atom stereocenters. The average molecular weight is 393 g/mol. The first-order valence-electron chi connectivity index (χ1n) is 8.88. The van der Waals surface area contributed by atoms with Crippen molar-refractivity contribution in [1.29, 1.82) is 0 Å². The largest absolute Gasteiger partial charge is 0.497 e. The molecular formula is C22H19NO4S. The summed E-state index contributed by atoms with van der Waals surface area (Å²) in [5, 5.41) is 2.21. The number of fused-ring (bicyclic) bond motifs is 2. The number of hydrogen-bond donors (Lipinski definition) is 0. The van der Waals surface area contributed by atoms with Gasteiger partial charge in [-0.25, -0.2) is 13.4 Å². The molecule has 4 aromatic rings. The van der Waals surface area contributed by atoms with E-state index in [9.17, 15) is 8.42 Å². The van der Waals surface area contributed by atoms with Gasteiger partial charge in [-0.3, -0.25) is 0 Å². The second-order valence-electron chi connectivity index (χ2n) is 6.39. The Kier molecular flexibility index (Phi) is 4.65. The average Bonchev–Trinajstić information content (AvgIpc) is 3.13. The third kappa shape index (κ3) is 3.51. The fourth-order valence-electron chi connectivity index (χ4n) is 3.00. The van der Waals surface area contributed by atoms with Crippen LogP contribution in [0.25, 0.3) is 34.0 Å². The topological polar surface area (TPSA) is 69.4 Å². The Morgan fingerprint density at radius 1 is 1.00 bits per heavy atom. The molecule has 0 spiro atoms. The first-order chi connectivity index (χ1) is 13.5. The number of sulfone groups is 1. The number of methoxy groups -OCH3 is 1. The summed E-state index contributed by atoms with van der Waals surface area (Å²) in [5.74, 6) is 1.30. The van der Waals surface area contributed by atoms with Crippen molar-refractivity contribution < 1.29 is 17.6 Å². The molecule has 0 bridgehead atoms. The van der Waals surface area contributed by atoms with E-state index >= 15 is 0 Å². The molecule has 0 aliphatic rings. The van der Waals surface area contributed by atoms with Crippen LogP contribution >= 0.6 is 0 Å². The highest BCUT2D eigenvalue weighted by molar-refractivity contribution is 7.91. The van der Waals surface area contributed by atoms with Crippen LogP contribution in [0.4, 0.5) is 0 Å². The van der Waals surface area contributed by atoms with Gasteiger partial charge in [0.1, 0.15) is 11.3 Å². The first-order valence-corrected chi connectivity index (χ1v) is 10.5. The van der Waals surface area contributed by atoms with Gasteiger partial charge in [0.15, 0.2) is 15.4 Å². The van der Waals surface area contributed by atoms with Gasteiger partial charge in [-0.2, -0.15) is 0 Å². The molecule has 28 heavy (non-hydrogen) atoms. The molecular weight excluding hydrogens is 374 g/mol. The maximum Gasteiger partial charge on any atom is 0.220 e. The van der Waals surface area contributed by atoms with E-state index < -0.39 is 9.84 Å². The molecule has 0 radical (unpaired) electrons. The van der Waals surface area contributed by atoms with Crippen molar-refractivity contribution in [2.24, 2.45) is 0 Å². The minimum atomic E-state index is -3.27. The molecule has 0 aliphatic carbocycles. The van der Waals surface area contributed by atoms with Crippen LogP contribution in [0.2, 0.25) is 0 Å². The molecule has 0 N–H and O–H groups in total. The second kappa shape index (κ2) is 7.13. The summed E-state index contributed by atoms with van der Waals surface area (Å²) >= 11 is 0. The van der Waals surface area contributed by atoms with Crippen molar-refractivity contribution in [3.8, 4) is 5.75 Å². The van der Waals surface area contributed by atoms with Gasteiger partial charge in [0.2, 0.25) is 5.89 Å². The van der Waals surface area contributed by atoms with Crippen LogP contribution in [0, 0.1) is 0 Å². The molecule has 5 nitrogen and oxygen atoms in total. The van der Waals surface area contributed by atoms with E-state index in [0.717, 1.165) is 22.1 Å². The Labute approximate surface area is 163 Å². The van der Waals surface area contributed by atoms with Crippen LogP contribution < -0.4 is 4.74 Å². The van der Waals surface area contributed by atoms with Crippen molar-refractivity contribution in [2.45, 2.75) is 11.8 Å². The fourth-order valence-corrected chi connectivity index (χ4v) is 3.90. The van der Waals surface area contributed by atoms with Gasteiger partial charge in [0.05, 0.1) is 17.8 Å². The Morgan fingerprint density at radius 3 is 2.57 bits per heavy atom. The summed E-state index contributed by atoms with van der Waals surface area (Å²) in [6, 6.07) is 16.8. The van der Waals surface area contributed by atoms with Crippen LogP contribution in [-0.4, -0.2) is 26.3 Å². The van der Waals surface area contributed by atoms with E-state index in [1.54, 1.807) is 38.3 Å². The predicted octanol–water partition coefficient (Wildman–Crippen LogP) is 4.95. The lowest BCUT2D eigenvalue weighted by Gasteiger charge is -2.03. The Hall–Kier alpha value is -3.12. The molecule has 0 aliphatic heterocycles. The molecule has 0 saturated heterocycles. The number of nitrogens with zero attached hydrogens (tertiary/aromatic N) is 1. The van der Waals surface area contributed by atoms with E-state index in [1.165, 1.54) is 0 Å². The maximum atomic E-state index is 12.0. The van der Waals surface area contributed by atoms with Crippen molar-refractivity contribution in [3.05, 3.63) is 66.1 Å². The Morgan fingerprint density at radius 2 is 1.79 bits per heavy atom. The Bertz CT molecular complexity index is 1300. The molecule has 142 valence electrons. The van der Waals surface area contributed by atoms with Gasteiger partial charge in [0.25, 0.3) is 0 Å². The van der Waals surface area contributed by atoms with Gasteiger partial charge in [-0.15, -0.1) is 0 Å². The smallest absolute Gasteiger partial charge is 0.220 e. The molecule has 3 aromatic carbocycles.